The summed E-state index contributed by atoms with van der Waals surface area (Å²) in [7, 11) is 0. The molecule has 25 heavy (non-hydrogen) atoms. The van der Waals surface area contributed by atoms with Gasteiger partial charge in [0.05, 0.1) is 5.56 Å². The van der Waals surface area contributed by atoms with Crippen LogP contribution < -0.4 is 15.5 Å². The van der Waals surface area contributed by atoms with E-state index in [1.807, 2.05) is 0 Å². The van der Waals surface area contributed by atoms with E-state index in [4.69, 9.17) is 0 Å². The highest BCUT2D eigenvalue weighted by atomic mass is 19.2. The Morgan fingerprint density at radius 3 is 3.08 bits per heavy atom. The van der Waals surface area contributed by atoms with Gasteiger partial charge in [0.1, 0.15) is 5.82 Å². The van der Waals surface area contributed by atoms with E-state index < -0.39 is 17.5 Å². The second-order valence-corrected chi connectivity index (χ2v) is 6.31. The van der Waals surface area contributed by atoms with Crippen molar-refractivity contribution >= 4 is 17.4 Å². The van der Waals surface area contributed by atoms with Crippen LogP contribution in [0.4, 0.5) is 20.3 Å². The molecule has 5 nitrogen and oxygen atoms in total. The molecule has 4 rings (SSSR count). The molecule has 0 bridgehead atoms. The van der Waals surface area contributed by atoms with Crippen molar-refractivity contribution in [3.63, 3.8) is 0 Å². The standard InChI is InChI=1S/C18H18F2N4O/c19-14-3-1-2-13(16(14)20)18(25)23-15-6-7-22-17-12(15)5-4-11-10-21-8-9-24(11)17/h1-3,6-7,11,21H,4-5,8-10H2,(H,22,23,25)/t11-/m1/s1. The Hall–Kier alpha value is -2.54. The van der Waals surface area contributed by atoms with E-state index in [2.05, 4.69) is 20.5 Å². The monoisotopic (exact) mass is 344 g/mol. The van der Waals surface area contributed by atoms with Crippen molar-refractivity contribution in [2.24, 2.45) is 0 Å². The molecule has 1 atom stereocenters. The number of pyridine rings is 1. The van der Waals surface area contributed by atoms with E-state index in [0.717, 1.165) is 49.9 Å². The zero-order valence-electron chi connectivity index (χ0n) is 13.6. The smallest absolute Gasteiger partial charge is 0.258 e. The van der Waals surface area contributed by atoms with Crippen molar-refractivity contribution in [1.29, 1.82) is 0 Å². The highest BCUT2D eigenvalue weighted by Gasteiger charge is 2.31. The van der Waals surface area contributed by atoms with Crippen molar-refractivity contribution in [2.45, 2.75) is 18.9 Å². The lowest BCUT2D eigenvalue weighted by Crippen LogP contribution is -2.53. The third kappa shape index (κ3) is 2.84. The number of rotatable bonds is 2. The average molecular weight is 344 g/mol. The summed E-state index contributed by atoms with van der Waals surface area (Å²) >= 11 is 0. The molecule has 1 aromatic heterocycles. The first-order valence-corrected chi connectivity index (χ1v) is 8.36. The fourth-order valence-electron chi connectivity index (χ4n) is 3.57. The molecule has 1 saturated heterocycles. The van der Waals surface area contributed by atoms with Crippen LogP contribution in [-0.2, 0) is 6.42 Å². The normalized spacial score (nSPS) is 19.1. The number of carbonyl (C=O) groups is 1. The summed E-state index contributed by atoms with van der Waals surface area (Å²) in [5.41, 5.74) is 1.25. The van der Waals surface area contributed by atoms with Crippen LogP contribution in [-0.4, -0.2) is 36.6 Å². The minimum Gasteiger partial charge on any atom is -0.351 e. The fourth-order valence-corrected chi connectivity index (χ4v) is 3.57. The van der Waals surface area contributed by atoms with E-state index in [1.54, 1.807) is 12.3 Å². The first-order chi connectivity index (χ1) is 12.1. The van der Waals surface area contributed by atoms with Crippen LogP contribution in [0.15, 0.2) is 30.5 Å². The summed E-state index contributed by atoms with van der Waals surface area (Å²) in [6.07, 6.45) is 3.39. The highest BCUT2D eigenvalue weighted by molar-refractivity contribution is 6.05. The first-order valence-electron chi connectivity index (χ1n) is 8.36. The van der Waals surface area contributed by atoms with Gasteiger partial charge in [0.15, 0.2) is 11.6 Å². The van der Waals surface area contributed by atoms with Crippen molar-refractivity contribution in [3.05, 3.63) is 53.2 Å². The molecule has 2 aliphatic rings. The molecule has 2 N–H and O–H groups in total. The van der Waals surface area contributed by atoms with E-state index in [-0.39, 0.29) is 5.56 Å². The Bertz CT molecular complexity index is 827. The van der Waals surface area contributed by atoms with Crippen LogP contribution in [0.5, 0.6) is 0 Å². The zero-order valence-corrected chi connectivity index (χ0v) is 13.6. The lowest BCUT2D eigenvalue weighted by molar-refractivity contribution is 0.102. The molecule has 2 aliphatic heterocycles. The molecule has 1 aromatic carbocycles. The Labute approximate surface area is 144 Å². The summed E-state index contributed by atoms with van der Waals surface area (Å²) in [4.78, 5) is 19.1. The number of piperazine rings is 1. The summed E-state index contributed by atoms with van der Waals surface area (Å²) in [5.74, 6) is -1.96. The first kappa shape index (κ1) is 16.0. The third-order valence-corrected chi connectivity index (χ3v) is 4.83. The molecule has 0 saturated carbocycles. The summed E-state index contributed by atoms with van der Waals surface area (Å²) in [5, 5.41) is 6.10. The molecule has 7 heteroatoms. The maximum atomic E-state index is 13.9. The molecule has 0 unspecified atom stereocenters. The molecule has 0 radical (unpaired) electrons. The minimum atomic E-state index is -1.13. The topological polar surface area (TPSA) is 57.3 Å². The quantitative estimate of drug-likeness (QED) is 0.878. The van der Waals surface area contributed by atoms with E-state index in [9.17, 15) is 13.6 Å². The predicted molar refractivity (Wildman–Crippen MR) is 90.9 cm³/mol. The third-order valence-electron chi connectivity index (χ3n) is 4.83. The number of carbonyl (C=O) groups excluding carboxylic acids is 1. The van der Waals surface area contributed by atoms with Gasteiger partial charge in [0.2, 0.25) is 0 Å². The Morgan fingerprint density at radius 2 is 2.20 bits per heavy atom. The van der Waals surface area contributed by atoms with Crippen LogP contribution in [0.3, 0.4) is 0 Å². The molecule has 2 aromatic rings. The fraction of sp³-hybridized carbons (Fsp3) is 0.333. The average Bonchev–Trinajstić information content (AvgIpc) is 2.64. The number of fused-ring (bicyclic) bond motifs is 3. The second kappa shape index (κ2) is 6.40. The van der Waals surface area contributed by atoms with Crippen LogP contribution in [0.2, 0.25) is 0 Å². The number of nitrogens with zero attached hydrogens (tertiary/aromatic N) is 2. The van der Waals surface area contributed by atoms with Crippen molar-refractivity contribution in [3.8, 4) is 0 Å². The van der Waals surface area contributed by atoms with Crippen molar-refractivity contribution < 1.29 is 13.6 Å². The largest absolute Gasteiger partial charge is 0.351 e. The number of nitrogens with one attached hydrogen (secondary N) is 2. The number of amides is 1. The van der Waals surface area contributed by atoms with Gasteiger partial charge in [0.25, 0.3) is 5.91 Å². The zero-order chi connectivity index (χ0) is 17.4. The summed E-state index contributed by atoms with van der Waals surface area (Å²) in [6, 6.07) is 5.69. The van der Waals surface area contributed by atoms with Gasteiger partial charge in [-0.1, -0.05) is 6.07 Å². The Balaban J connectivity index is 1.64. The lowest BCUT2D eigenvalue weighted by atomic mass is 9.96. The Kier molecular flexibility index (Phi) is 4.09. The molecular weight excluding hydrogens is 326 g/mol. The van der Waals surface area contributed by atoms with Gasteiger partial charge in [-0.25, -0.2) is 13.8 Å². The Morgan fingerprint density at radius 1 is 1.32 bits per heavy atom. The number of halogens is 2. The van der Waals surface area contributed by atoms with Crippen LogP contribution in [0, 0.1) is 11.6 Å². The molecule has 130 valence electrons. The van der Waals surface area contributed by atoms with Gasteiger partial charge in [0, 0.05) is 43.1 Å². The highest BCUT2D eigenvalue weighted by Crippen LogP contribution is 2.34. The lowest BCUT2D eigenvalue weighted by Gasteiger charge is -2.41. The van der Waals surface area contributed by atoms with E-state index in [0.29, 0.717) is 11.7 Å². The van der Waals surface area contributed by atoms with Gasteiger partial charge in [-0.3, -0.25) is 4.79 Å². The van der Waals surface area contributed by atoms with E-state index >= 15 is 0 Å². The number of benzene rings is 1. The van der Waals surface area contributed by atoms with Crippen molar-refractivity contribution in [1.82, 2.24) is 10.3 Å². The molecule has 3 heterocycles. The number of hydrogen-bond donors (Lipinski definition) is 2. The second-order valence-electron chi connectivity index (χ2n) is 6.31. The van der Waals surface area contributed by atoms with Gasteiger partial charge >= 0.3 is 0 Å². The maximum absolute atomic E-state index is 13.9. The van der Waals surface area contributed by atoms with Crippen LogP contribution >= 0.6 is 0 Å². The molecule has 0 aliphatic carbocycles. The number of aromatic nitrogens is 1. The van der Waals surface area contributed by atoms with Gasteiger partial charge < -0.3 is 15.5 Å². The van der Waals surface area contributed by atoms with Crippen LogP contribution in [0.25, 0.3) is 0 Å². The maximum Gasteiger partial charge on any atom is 0.258 e. The van der Waals surface area contributed by atoms with Crippen LogP contribution in [0.1, 0.15) is 22.3 Å². The summed E-state index contributed by atoms with van der Waals surface area (Å²) in [6.45, 7) is 2.68. The van der Waals surface area contributed by atoms with Gasteiger partial charge in [-0.15, -0.1) is 0 Å². The molecular formula is C18H18F2N4O. The SMILES string of the molecule is O=C(Nc1ccnc2c1CC[C@@H]1CNCCN21)c1cccc(F)c1F. The van der Waals surface area contributed by atoms with Gasteiger partial charge in [-0.05, 0) is 31.0 Å². The van der Waals surface area contributed by atoms with Crippen molar-refractivity contribution in [2.75, 3.05) is 29.9 Å². The predicted octanol–water partition coefficient (Wildman–Crippen LogP) is 2.34. The van der Waals surface area contributed by atoms with Gasteiger partial charge in [-0.2, -0.15) is 0 Å². The van der Waals surface area contributed by atoms with E-state index in [1.165, 1.54) is 12.1 Å². The number of anilines is 2. The molecule has 1 fully saturated rings. The number of hydrogen-bond acceptors (Lipinski definition) is 4. The molecule has 1 amide bonds. The summed E-state index contributed by atoms with van der Waals surface area (Å²) < 4.78 is 27.2. The molecule has 0 spiro atoms. The minimum absolute atomic E-state index is 0.304.